The molecular weight excluding hydrogens is 470 g/mol. The van der Waals surface area contributed by atoms with Gasteiger partial charge in [-0.3, -0.25) is 4.79 Å². The molecule has 0 aliphatic heterocycles. The molecule has 0 aliphatic rings. The van der Waals surface area contributed by atoms with Gasteiger partial charge in [0.05, 0.1) is 0 Å². The number of carbonyl (C=O) groups is 6. The van der Waals surface area contributed by atoms with Gasteiger partial charge in [-0.25, -0.2) is 24.0 Å². The summed E-state index contributed by atoms with van der Waals surface area (Å²) in [6.45, 7) is 13.6. The predicted molar refractivity (Wildman–Crippen MR) is 121 cm³/mol. The molecule has 0 rings (SSSR count). The van der Waals surface area contributed by atoms with Gasteiger partial charge in [0.15, 0.2) is 0 Å². The van der Waals surface area contributed by atoms with Crippen LogP contribution in [0.5, 0.6) is 0 Å². The number of hydrogen-bond donors (Lipinski definition) is 4. The summed E-state index contributed by atoms with van der Waals surface area (Å²) in [5, 5.41) is 14.5. The van der Waals surface area contributed by atoms with E-state index in [-0.39, 0.29) is 0 Å². The summed E-state index contributed by atoms with van der Waals surface area (Å²) in [5.74, 6) is -3.06. The van der Waals surface area contributed by atoms with E-state index in [1.807, 2.05) is 0 Å². The van der Waals surface area contributed by atoms with Gasteiger partial charge in [0, 0.05) is 0 Å². The van der Waals surface area contributed by atoms with Gasteiger partial charge in [-0.05, 0) is 62.3 Å². The fourth-order valence-electron chi connectivity index (χ4n) is 1.58. The maximum atomic E-state index is 11.3. The number of ether oxygens (including phenoxy) is 4. The maximum absolute atomic E-state index is 11.3. The average Bonchev–Trinajstić information content (AvgIpc) is 2.59. The van der Waals surface area contributed by atoms with E-state index >= 15 is 0 Å². The van der Waals surface area contributed by atoms with E-state index in [2.05, 4.69) is 20.7 Å². The number of amides is 3. The molecule has 0 radical (unpaired) electrons. The number of carbonyl (C=O) groups excluding carboxylic acids is 5. The number of carboxylic acids is 1. The lowest BCUT2D eigenvalue weighted by atomic mass is 10.2. The molecule has 0 aromatic rings. The lowest BCUT2D eigenvalue weighted by molar-refractivity contribution is -0.158. The highest BCUT2D eigenvalue weighted by molar-refractivity contribution is 5.90. The Morgan fingerprint density at radius 3 is 1.03 bits per heavy atom. The molecule has 0 saturated heterocycles. The summed E-state index contributed by atoms with van der Waals surface area (Å²) in [5.41, 5.74) is -2.01. The molecule has 4 N–H and O–H groups in total. The van der Waals surface area contributed by atoms with Crippen LogP contribution in [0, 0.1) is 0 Å². The molecule has 0 aliphatic carbocycles. The topological polar surface area (TPSA) is 196 Å². The highest BCUT2D eigenvalue weighted by Gasteiger charge is 2.20. The molecular formula is C21H37N3O11. The standard InChI is InChI=1S/C14H24N2O7.C7H13NO4/c1-13(2,3)22-11(19)15-7-9(17)21-10(18)8-16-12(20)23-14(4,5)6;1-7(2,3)12-6(11)8-4-5(9)10/h7-8H2,1-6H3,(H,15,19)(H,16,20);4H2,1-3H3,(H,8,11)(H,9,10). The van der Waals surface area contributed by atoms with E-state index in [1.165, 1.54) is 0 Å². The molecule has 0 atom stereocenters. The van der Waals surface area contributed by atoms with Crippen LogP contribution in [0.4, 0.5) is 14.4 Å². The molecule has 35 heavy (non-hydrogen) atoms. The molecule has 3 amide bonds. The molecule has 14 nitrogen and oxygen atoms in total. The second-order valence-corrected chi connectivity index (χ2v) is 9.81. The normalized spacial score (nSPS) is 11.0. The summed E-state index contributed by atoms with van der Waals surface area (Å²) in [4.78, 5) is 66.0. The summed E-state index contributed by atoms with van der Waals surface area (Å²) in [7, 11) is 0. The first kappa shape index (κ1) is 33.6. The van der Waals surface area contributed by atoms with Crippen molar-refractivity contribution in [3.05, 3.63) is 0 Å². The van der Waals surface area contributed by atoms with Crippen LogP contribution in [0.3, 0.4) is 0 Å². The average molecular weight is 508 g/mol. The number of esters is 2. The van der Waals surface area contributed by atoms with E-state index in [0.29, 0.717) is 0 Å². The Kier molecular flexibility index (Phi) is 14.0. The first-order valence-corrected chi connectivity index (χ1v) is 10.5. The highest BCUT2D eigenvalue weighted by atomic mass is 16.6. The van der Waals surface area contributed by atoms with Crippen LogP contribution in [-0.2, 0) is 33.3 Å². The van der Waals surface area contributed by atoms with Crippen molar-refractivity contribution in [2.45, 2.75) is 79.1 Å². The fourth-order valence-corrected chi connectivity index (χ4v) is 1.58. The SMILES string of the molecule is CC(C)(C)OC(=O)NCC(=O)O.CC(C)(C)OC(=O)NCC(=O)OC(=O)CNC(=O)OC(C)(C)C. The van der Waals surface area contributed by atoms with Crippen LogP contribution < -0.4 is 16.0 Å². The Balaban J connectivity index is 0. The molecule has 14 heteroatoms. The Labute approximate surface area is 204 Å². The summed E-state index contributed by atoms with van der Waals surface area (Å²) in [6, 6.07) is 0. The minimum atomic E-state index is -1.10. The third kappa shape index (κ3) is 26.6. The Morgan fingerprint density at radius 1 is 0.543 bits per heavy atom. The van der Waals surface area contributed by atoms with Crippen LogP contribution in [0.15, 0.2) is 0 Å². The quantitative estimate of drug-likeness (QED) is 0.232. The van der Waals surface area contributed by atoms with Gasteiger partial charge in [-0.2, -0.15) is 0 Å². The first-order valence-electron chi connectivity index (χ1n) is 10.5. The molecule has 0 bridgehead atoms. The molecule has 0 fully saturated rings. The van der Waals surface area contributed by atoms with Crippen molar-refractivity contribution in [2.24, 2.45) is 0 Å². The first-order chi connectivity index (χ1) is 15.6. The van der Waals surface area contributed by atoms with Crippen LogP contribution in [-0.4, -0.2) is 77.7 Å². The van der Waals surface area contributed by atoms with Gasteiger partial charge in [0.25, 0.3) is 0 Å². The van der Waals surface area contributed by atoms with E-state index in [4.69, 9.17) is 19.3 Å². The number of alkyl carbamates (subject to hydrolysis) is 3. The Morgan fingerprint density at radius 2 is 0.800 bits per heavy atom. The fraction of sp³-hybridized carbons (Fsp3) is 0.714. The number of nitrogens with one attached hydrogen (secondary N) is 3. The molecule has 0 aromatic carbocycles. The minimum Gasteiger partial charge on any atom is -0.480 e. The maximum Gasteiger partial charge on any atom is 0.408 e. The third-order valence-electron chi connectivity index (χ3n) is 2.56. The molecule has 0 aromatic heterocycles. The van der Waals surface area contributed by atoms with Crippen molar-refractivity contribution in [1.82, 2.24) is 16.0 Å². The van der Waals surface area contributed by atoms with Crippen molar-refractivity contribution >= 4 is 36.2 Å². The monoisotopic (exact) mass is 507 g/mol. The van der Waals surface area contributed by atoms with E-state index < -0.39 is 72.6 Å². The molecule has 0 unspecified atom stereocenters. The molecule has 0 heterocycles. The molecule has 0 saturated carbocycles. The van der Waals surface area contributed by atoms with Gasteiger partial charge < -0.3 is 40.0 Å². The van der Waals surface area contributed by atoms with Crippen molar-refractivity contribution in [1.29, 1.82) is 0 Å². The zero-order chi connectivity index (χ0) is 28.0. The van der Waals surface area contributed by atoms with E-state index in [0.717, 1.165) is 0 Å². The van der Waals surface area contributed by atoms with Crippen molar-refractivity contribution < 1.29 is 52.8 Å². The van der Waals surface area contributed by atoms with E-state index in [9.17, 15) is 28.8 Å². The smallest absolute Gasteiger partial charge is 0.408 e. The number of aliphatic carboxylic acids is 1. The van der Waals surface area contributed by atoms with Crippen LogP contribution in [0.1, 0.15) is 62.3 Å². The molecule has 0 spiro atoms. The van der Waals surface area contributed by atoms with Crippen molar-refractivity contribution in [3.8, 4) is 0 Å². The van der Waals surface area contributed by atoms with Crippen molar-refractivity contribution in [3.63, 3.8) is 0 Å². The van der Waals surface area contributed by atoms with Crippen LogP contribution >= 0.6 is 0 Å². The lowest BCUT2D eigenvalue weighted by Gasteiger charge is -2.19. The van der Waals surface area contributed by atoms with Gasteiger partial charge in [-0.1, -0.05) is 0 Å². The third-order valence-corrected chi connectivity index (χ3v) is 2.56. The van der Waals surface area contributed by atoms with E-state index in [1.54, 1.807) is 62.3 Å². The lowest BCUT2D eigenvalue weighted by Crippen LogP contribution is -2.39. The minimum absolute atomic E-state index is 0.422. The number of hydrogen-bond acceptors (Lipinski definition) is 10. The Hall–Kier alpha value is -3.58. The number of carboxylic acid groups (broad SMARTS) is 1. The highest BCUT2D eigenvalue weighted by Crippen LogP contribution is 2.07. The zero-order valence-electron chi connectivity index (χ0n) is 21.7. The van der Waals surface area contributed by atoms with Gasteiger partial charge in [0.2, 0.25) is 0 Å². The van der Waals surface area contributed by atoms with Gasteiger partial charge in [0.1, 0.15) is 36.4 Å². The number of rotatable bonds is 6. The summed E-state index contributed by atoms with van der Waals surface area (Å²) in [6.07, 6.45) is -2.34. The second kappa shape index (κ2) is 14.6. The van der Waals surface area contributed by atoms with Crippen molar-refractivity contribution in [2.75, 3.05) is 19.6 Å². The summed E-state index contributed by atoms with van der Waals surface area (Å²) >= 11 is 0. The molecule has 202 valence electrons. The summed E-state index contributed by atoms with van der Waals surface area (Å²) < 4.78 is 19.0. The second-order valence-electron chi connectivity index (χ2n) is 9.81. The zero-order valence-corrected chi connectivity index (χ0v) is 21.7. The van der Waals surface area contributed by atoms with Gasteiger partial charge in [-0.15, -0.1) is 0 Å². The predicted octanol–water partition coefficient (Wildman–Crippen LogP) is 1.70. The largest absolute Gasteiger partial charge is 0.480 e. The van der Waals surface area contributed by atoms with Crippen LogP contribution in [0.2, 0.25) is 0 Å². The van der Waals surface area contributed by atoms with Gasteiger partial charge >= 0.3 is 36.2 Å². The van der Waals surface area contributed by atoms with Crippen LogP contribution in [0.25, 0.3) is 0 Å². The Bertz CT molecular complexity index is 718.